The Morgan fingerprint density at radius 3 is 2.82 bits per heavy atom. The molecule has 0 radical (unpaired) electrons. The lowest BCUT2D eigenvalue weighted by molar-refractivity contribution is -0.138. The molecule has 0 amide bonds. The summed E-state index contributed by atoms with van der Waals surface area (Å²) >= 11 is 6.44. The van der Waals surface area contributed by atoms with Gasteiger partial charge < -0.3 is 14.4 Å². The highest BCUT2D eigenvalue weighted by Crippen LogP contribution is 2.34. The number of halogens is 4. The van der Waals surface area contributed by atoms with Crippen molar-refractivity contribution in [3.05, 3.63) is 73.9 Å². The molecular weight excluding hydrogens is 529 g/mol. The van der Waals surface area contributed by atoms with Crippen LogP contribution in [-0.2, 0) is 35.2 Å². The van der Waals surface area contributed by atoms with Crippen LogP contribution in [-0.4, -0.2) is 51.8 Å². The largest absolute Gasteiger partial charge is 0.461 e. The molecule has 1 aromatic carbocycles. The molecule has 0 saturated carbocycles. The first-order chi connectivity index (χ1) is 18.2. The van der Waals surface area contributed by atoms with E-state index in [2.05, 4.69) is 15.5 Å². The van der Waals surface area contributed by atoms with E-state index >= 15 is 0 Å². The van der Waals surface area contributed by atoms with Crippen molar-refractivity contribution in [3.8, 4) is 0 Å². The minimum Gasteiger partial charge on any atom is -0.461 e. The second-order valence-corrected chi connectivity index (χ2v) is 9.13. The summed E-state index contributed by atoms with van der Waals surface area (Å²) in [5, 5.41) is 11.5. The number of rotatable bonds is 6. The van der Waals surface area contributed by atoms with Crippen LogP contribution in [0.5, 0.6) is 0 Å². The summed E-state index contributed by atoms with van der Waals surface area (Å²) in [4.78, 5) is 27.4. The van der Waals surface area contributed by atoms with Crippen LogP contribution in [0.1, 0.15) is 46.1 Å². The summed E-state index contributed by atoms with van der Waals surface area (Å²) in [6, 6.07) is 5.26. The highest BCUT2D eigenvalue weighted by atomic mass is 35.5. The first-order valence-electron chi connectivity index (χ1n) is 12.0. The predicted octanol–water partition coefficient (Wildman–Crippen LogP) is 2.98. The topological polar surface area (TPSA) is 104 Å². The molecule has 1 atom stereocenters. The van der Waals surface area contributed by atoms with Gasteiger partial charge in [0.05, 0.1) is 37.2 Å². The normalized spacial score (nSPS) is 17.5. The summed E-state index contributed by atoms with van der Waals surface area (Å²) in [5.74, 6) is -0.683. The van der Waals surface area contributed by atoms with Gasteiger partial charge in [-0.15, -0.1) is 0 Å². The molecule has 0 spiro atoms. The number of fused-ring (bicyclic) bond motifs is 1. The Hall–Kier alpha value is -3.42. The average molecular weight is 553 g/mol. The number of alkyl halides is 3. The van der Waals surface area contributed by atoms with Crippen LogP contribution in [0.2, 0.25) is 5.02 Å². The van der Waals surface area contributed by atoms with Crippen molar-refractivity contribution >= 4 is 23.3 Å². The third kappa shape index (κ3) is 4.88. The van der Waals surface area contributed by atoms with Crippen molar-refractivity contribution in [3.63, 3.8) is 0 Å². The minimum absolute atomic E-state index is 0.0111. The molecule has 5 rings (SSSR count). The Morgan fingerprint density at radius 2 is 2.11 bits per heavy atom. The predicted molar refractivity (Wildman–Crippen MR) is 130 cm³/mol. The molecule has 1 N–H and O–H groups in total. The first kappa shape index (κ1) is 26.2. The first-order valence-corrected chi connectivity index (χ1v) is 12.3. The Labute approximate surface area is 219 Å². The van der Waals surface area contributed by atoms with Gasteiger partial charge in [0.1, 0.15) is 5.02 Å². The van der Waals surface area contributed by atoms with Gasteiger partial charge in [-0.3, -0.25) is 14.8 Å². The zero-order chi connectivity index (χ0) is 27.0. The van der Waals surface area contributed by atoms with Crippen LogP contribution in [0.3, 0.4) is 0 Å². The number of anilines is 1. The molecule has 1 unspecified atom stereocenters. The molecule has 0 bridgehead atoms. The molecule has 4 heterocycles. The van der Waals surface area contributed by atoms with Crippen molar-refractivity contribution in [2.24, 2.45) is 0 Å². The number of nitrogens with zero attached hydrogens (tertiary/aromatic N) is 5. The van der Waals surface area contributed by atoms with E-state index in [1.807, 2.05) is 0 Å². The van der Waals surface area contributed by atoms with E-state index in [0.717, 1.165) is 10.7 Å². The Balaban J connectivity index is 1.50. The average Bonchev–Trinajstić information content (AvgIpc) is 3.54. The summed E-state index contributed by atoms with van der Waals surface area (Å²) in [6.45, 7) is 3.08. The lowest BCUT2D eigenvalue weighted by Crippen LogP contribution is -2.37. The van der Waals surface area contributed by atoms with Gasteiger partial charge in [0, 0.05) is 37.3 Å². The van der Waals surface area contributed by atoms with Gasteiger partial charge in [-0.2, -0.15) is 28.1 Å². The molecule has 14 heteroatoms. The van der Waals surface area contributed by atoms with Crippen LogP contribution < -0.4 is 15.8 Å². The number of carbonyl (C=O) groups is 1. The fraction of sp³-hybridized carbons (Fsp3) is 0.417. The third-order valence-electron chi connectivity index (χ3n) is 6.43. The minimum atomic E-state index is -4.53. The van der Waals surface area contributed by atoms with Gasteiger partial charge in [0.2, 0.25) is 6.35 Å². The van der Waals surface area contributed by atoms with Gasteiger partial charge in [-0.25, -0.2) is 4.79 Å². The highest BCUT2D eigenvalue weighted by Gasteiger charge is 2.35. The quantitative estimate of drug-likeness (QED) is 0.466. The molecule has 10 nitrogen and oxygen atoms in total. The van der Waals surface area contributed by atoms with Gasteiger partial charge in [-0.1, -0.05) is 29.8 Å². The van der Waals surface area contributed by atoms with Crippen molar-refractivity contribution in [2.45, 2.75) is 39.0 Å². The summed E-state index contributed by atoms with van der Waals surface area (Å²) < 4.78 is 53.9. The molecule has 2 aliphatic rings. The maximum absolute atomic E-state index is 13.6. The number of carbonyl (C=O) groups excluding carboxylic acids is 1. The van der Waals surface area contributed by atoms with Gasteiger partial charge >= 0.3 is 12.1 Å². The smallest absolute Gasteiger partial charge is 0.416 e. The zero-order valence-electron chi connectivity index (χ0n) is 20.3. The van der Waals surface area contributed by atoms with Crippen molar-refractivity contribution < 1.29 is 27.4 Å². The van der Waals surface area contributed by atoms with Crippen molar-refractivity contribution in [2.75, 3.05) is 31.2 Å². The molecule has 0 aliphatic carbocycles. The maximum Gasteiger partial charge on any atom is 0.416 e. The van der Waals surface area contributed by atoms with Crippen LogP contribution in [0, 0.1) is 0 Å². The maximum atomic E-state index is 13.6. The fourth-order valence-electron chi connectivity index (χ4n) is 4.68. The van der Waals surface area contributed by atoms with E-state index in [1.54, 1.807) is 11.8 Å². The number of hydrogen-bond donors (Lipinski definition) is 1. The van der Waals surface area contributed by atoms with E-state index in [4.69, 9.17) is 21.1 Å². The number of nitrogens with one attached hydrogen (secondary N) is 1. The van der Waals surface area contributed by atoms with E-state index in [0.29, 0.717) is 43.1 Å². The number of aromatic nitrogens is 4. The summed E-state index contributed by atoms with van der Waals surface area (Å²) in [5.41, 5.74) is 0.209. The molecule has 1 fully saturated rings. The van der Waals surface area contributed by atoms with Crippen LogP contribution in [0.15, 0.2) is 35.3 Å². The Kier molecular flexibility index (Phi) is 7.16. The number of benzene rings is 1. The fourth-order valence-corrected chi connectivity index (χ4v) is 4.93. The highest BCUT2D eigenvalue weighted by molar-refractivity contribution is 6.33. The standard InChI is InChI=1S/C24H24ClF3N6O4/c1-2-37-22(36)20-15-13-32(18-11-30-34(21(35)19(18)25)23-29-8-10-38-23)9-7-17(15)33(31-20)12-14-5-3-4-6-16(14)24(26,27)28/h3-6,11,23,29H,2,7-10,12-13H2,1H3. The van der Waals surface area contributed by atoms with Crippen LogP contribution in [0.25, 0.3) is 0 Å². The van der Waals surface area contributed by atoms with Gasteiger partial charge in [0.25, 0.3) is 5.56 Å². The molecule has 2 aromatic heterocycles. The van der Waals surface area contributed by atoms with E-state index in [-0.39, 0.29) is 36.0 Å². The second kappa shape index (κ2) is 10.4. The third-order valence-corrected chi connectivity index (χ3v) is 6.79. The molecular formula is C24H24ClF3N6O4. The van der Waals surface area contributed by atoms with Crippen LogP contribution >= 0.6 is 11.6 Å². The Bertz CT molecular complexity index is 1420. The molecule has 202 valence electrons. The molecule has 2 aliphatic heterocycles. The zero-order valence-corrected chi connectivity index (χ0v) is 21.1. The SMILES string of the molecule is CCOC(=O)c1nn(Cc2ccccc2C(F)(F)F)c2c1CN(c1cnn(C3NCCO3)c(=O)c1Cl)CC2. The summed E-state index contributed by atoms with van der Waals surface area (Å²) in [7, 11) is 0. The number of ether oxygens (including phenoxy) is 2. The van der Waals surface area contributed by atoms with E-state index < -0.39 is 29.6 Å². The number of hydrogen-bond acceptors (Lipinski definition) is 8. The summed E-state index contributed by atoms with van der Waals surface area (Å²) in [6.07, 6.45) is -3.46. The molecule has 3 aromatic rings. The van der Waals surface area contributed by atoms with E-state index in [9.17, 15) is 22.8 Å². The van der Waals surface area contributed by atoms with Gasteiger partial charge in [0.15, 0.2) is 5.69 Å². The lowest BCUT2D eigenvalue weighted by atomic mass is 10.0. The molecule has 38 heavy (non-hydrogen) atoms. The second-order valence-electron chi connectivity index (χ2n) is 8.75. The van der Waals surface area contributed by atoms with E-state index in [1.165, 1.54) is 29.1 Å². The molecule has 1 saturated heterocycles. The van der Waals surface area contributed by atoms with Crippen LogP contribution in [0.4, 0.5) is 18.9 Å². The van der Waals surface area contributed by atoms with Crippen molar-refractivity contribution in [1.82, 2.24) is 24.9 Å². The lowest BCUT2D eigenvalue weighted by Gasteiger charge is -2.30. The number of esters is 1. The Morgan fingerprint density at radius 1 is 1.32 bits per heavy atom. The monoisotopic (exact) mass is 552 g/mol. The van der Waals surface area contributed by atoms with Gasteiger partial charge in [-0.05, 0) is 18.6 Å². The van der Waals surface area contributed by atoms with Crippen molar-refractivity contribution in [1.29, 1.82) is 0 Å².